The van der Waals surface area contributed by atoms with Gasteiger partial charge in [0, 0.05) is 11.9 Å². The average molecular weight is 293 g/mol. The molecule has 0 radical (unpaired) electrons. The molecule has 1 aromatic carbocycles. The standard InChI is InChI=1S/C15H20FN3S/c1-3-19(4-2)14(11-5-7-12(16)8-6-11)15-18-13(9-17)10-20-15/h5-8,10,14H,3-4,9,17H2,1-2H3. The molecule has 0 saturated carbocycles. The predicted octanol–water partition coefficient (Wildman–Crippen LogP) is 3.17. The van der Waals surface area contributed by atoms with E-state index in [1.165, 1.54) is 12.1 Å². The largest absolute Gasteiger partial charge is 0.325 e. The minimum absolute atomic E-state index is 0.0656. The lowest BCUT2D eigenvalue weighted by molar-refractivity contribution is 0.250. The molecule has 20 heavy (non-hydrogen) atoms. The summed E-state index contributed by atoms with van der Waals surface area (Å²) in [5.41, 5.74) is 7.61. The summed E-state index contributed by atoms with van der Waals surface area (Å²) in [6.07, 6.45) is 0. The normalized spacial score (nSPS) is 12.8. The van der Waals surface area contributed by atoms with E-state index in [0.29, 0.717) is 6.54 Å². The van der Waals surface area contributed by atoms with Gasteiger partial charge in [0.25, 0.3) is 0 Å². The number of nitrogens with zero attached hydrogens (tertiary/aromatic N) is 2. The number of halogens is 1. The molecule has 108 valence electrons. The van der Waals surface area contributed by atoms with Crippen LogP contribution in [0.25, 0.3) is 0 Å². The van der Waals surface area contributed by atoms with E-state index < -0.39 is 0 Å². The Morgan fingerprint density at radius 3 is 2.40 bits per heavy atom. The summed E-state index contributed by atoms with van der Waals surface area (Å²) in [6.45, 7) is 6.52. The molecule has 2 N–H and O–H groups in total. The van der Waals surface area contributed by atoms with Crippen LogP contribution in [0, 0.1) is 5.82 Å². The van der Waals surface area contributed by atoms with Gasteiger partial charge in [0.05, 0.1) is 11.7 Å². The van der Waals surface area contributed by atoms with Gasteiger partial charge in [0.2, 0.25) is 0 Å². The molecule has 1 atom stereocenters. The van der Waals surface area contributed by atoms with Gasteiger partial charge in [-0.2, -0.15) is 0 Å². The van der Waals surface area contributed by atoms with Crippen LogP contribution in [0.2, 0.25) is 0 Å². The highest BCUT2D eigenvalue weighted by atomic mass is 32.1. The van der Waals surface area contributed by atoms with Gasteiger partial charge in [0.15, 0.2) is 0 Å². The van der Waals surface area contributed by atoms with Crippen molar-refractivity contribution in [3.63, 3.8) is 0 Å². The van der Waals surface area contributed by atoms with Crippen molar-refractivity contribution in [2.75, 3.05) is 13.1 Å². The van der Waals surface area contributed by atoms with Crippen molar-refractivity contribution in [1.29, 1.82) is 0 Å². The van der Waals surface area contributed by atoms with Crippen LogP contribution in [-0.4, -0.2) is 23.0 Å². The molecule has 1 unspecified atom stereocenters. The van der Waals surface area contributed by atoms with Crippen LogP contribution in [0.3, 0.4) is 0 Å². The van der Waals surface area contributed by atoms with Gasteiger partial charge in [0.1, 0.15) is 10.8 Å². The average Bonchev–Trinajstić information content (AvgIpc) is 2.94. The van der Waals surface area contributed by atoms with E-state index in [1.54, 1.807) is 11.3 Å². The zero-order chi connectivity index (χ0) is 14.5. The minimum Gasteiger partial charge on any atom is -0.325 e. The second kappa shape index (κ2) is 6.92. The highest BCUT2D eigenvalue weighted by molar-refractivity contribution is 7.09. The molecular weight excluding hydrogens is 273 g/mol. The van der Waals surface area contributed by atoms with Crippen molar-refractivity contribution < 1.29 is 4.39 Å². The highest BCUT2D eigenvalue weighted by Crippen LogP contribution is 2.30. The number of benzene rings is 1. The number of aromatic nitrogens is 1. The Hall–Kier alpha value is -1.30. The molecule has 0 aliphatic rings. The summed E-state index contributed by atoms with van der Waals surface area (Å²) in [7, 11) is 0. The predicted molar refractivity (Wildman–Crippen MR) is 81.2 cm³/mol. The van der Waals surface area contributed by atoms with Crippen molar-refractivity contribution in [2.45, 2.75) is 26.4 Å². The Kier molecular flexibility index (Phi) is 5.23. The first-order chi connectivity index (χ1) is 9.69. The first-order valence-electron chi connectivity index (χ1n) is 6.83. The molecule has 0 fully saturated rings. The lowest BCUT2D eigenvalue weighted by atomic mass is 10.1. The molecule has 1 aromatic heterocycles. The third-order valence-electron chi connectivity index (χ3n) is 3.38. The Balaban J connectivity index is 2.40. The fourth-order valence-corrected chi connectivity index (χ4v) is 3.28. The van der Waals surface area contributed by atoms with E-state index in [4.69, 9.17) is 5.73 Å². The summed E-state index contributed by atoms with van der Waals surface area (Å²) in [6, 6.07) is 6.74. The van der Waals surface area contributed by atoms with Gasteiger partial charge in [-0.25, -0.2) is 9.37 Å². The molecule has 0 saturated heterocycles. The Morgan fingerprint density at radius 2 is 1.90 bits per heavy atom. The molecule has 2 aromatic rings. The van der Waals surface area contributed by atoms with Crippen molar-refractivity contribution in [1.82, 2.24) is 9.88 Å². The van der Waals surface area contributed by atoms with E-state index in [1.807, 2.05) is 17.5 Å². The molecular formula is C15H20FN3S. The van der Waals surface area contributed by atoms with Crippen LogP contribution in [0.5, 0.6) is 0 Å². The molecule has 0 spiro atoms. The summed E-state index contributed by atoms with van der Waals surface area (Å²) in [5, 5.41) is 3.01. The smallest absolute Gasteiger partial charge is 0.123 e. The Bertz CT molecular complexity index is 534. The quantitative estimate of drug-likeness (QED) is 0.889. The van der Waals surface area contributed by atoms with Crippen LogP contribution in [0.4, 0.5) is 4.39 Å². The molecule has 0 aliphatic carbocycles. The van der Waals surface area contributed by atoms with E-state index >= 15 is 0 Å². The summed E-state index contributed by atoms with van der Waals surface area (Å²) >= 11 is 1.61. The SMILES string of the molecule is CCN(CC)C(c1ccc(F)cc1)c1nc(CN)cs1. The van der Waals surface area contributed by atoms with Crippen LogP contribution >= 0.6 is 11.3 Å². The molecule has 0 amide bonds. The summed E-state index contributed by atoms with van der Waals surface area (Å²) in [4.78, 5) is 6.91. The van der Waals surface area contributed by atoms with E-state index in [2.05, 4.69) is 23.7 Å². The highest BCUT2D eigenvalue weighted by Gasteiger charge is 2.23. The third-order valence-corrected chi connectivity index (χ3v) is 4.32. The van der Waals surface area contributed by atoms with Gasteiger partial charge >= 0.3 is 0 Å². The fourth-order valence-electron chi connectivity index (χ4n) is 2.29. The zero-order valence-electron chi connectivity index (χ0n) is 11.8. The van der Waals surface area contributed by atoms with Crippen molar-refractivity contribution in [3.8, 4) is 0 Å². The number of hydrogen-bond acceptors (Lipinski definition) is 4. The molecule has 1 heterocycles. The second-order valence-corrected chi connectivity index (χ2v) is 5.45. The summed E-state index contributed by atoms with van der Waals surface area (Å²) < 4.78 is 13.1. The van der Waals surface area contributed by atoms with Crippen LogP contribution in [0.1, 0.15) is 36.2 Å². The topological polar surface area (TPSA) is 42.2 Å². The van der Waals surface area contributed by atoms with Crippen molar-refractivity contribution in [3.05, 3.63) is 51.7 Å². The molecule has 5 heteroatoms. The molecule has 2 rings (SSSR count). The second-order valence-electron chi connectivity index (χ2n) is 4.56. The molecule has 0 aliphatic heterocycles. The van der Waals surface area contributed by atoms with Crippen LogP contribution in [-0.2, 0) is 6.54 Å². The van der Waals surface area contributed by atoms with Crippen LogP contribution < -0.4 is 5.73 Å². The maximum absolute atomic E-state index is 13.1. The summed E-state index contributed by atoms with van der Waals surface area (Å²) in [5.74, 6) is -0.214. The zero-order valence-corrected chi connectivity index (χ0v) is 12.7. The lowest BCUT2D eigenvalue weighted by Crippen LogP contribution is -2.29. The van der Waals surface area contributed by atoms with Gasteiger partial charge < -0.3 is 5.73 Å². The van der Waals surface area contributed by atoms with Crippen molar-refractivity contribution >= 4 is 11.3 Å². The van der Waals surface area contributed by atoms with Crippen molar-refractivity contribution in [2.24, 2.45) is 5.73 Å². The number of nitrogens with two attached hydrogens (primary N) is 1. The fraction of sp³-hybridized carbons (Fsp3) is 0.400. The number of hydrogen-bond donors (Lipinski definition) is 1. The first kappa shape index (κ1) is 15.1. The number of thiazole rings is 1. The third kappa shape index (κ3) is 3.23. The minimum atomic E-state index is -0.214. The van der Waals surface area contributed by atoms with E-state index in [9.17, 15) is 4.39 Å². The van der Waals surface area contributed by atoms with E-state index in [-0.39, 0.29) is 11.9 Å². The Labute approximate surface area is 123 Å². The van der Waals surface area contributed by atoms with Gasteiger partial charge in [-0.05, 0) is 30.8 Å². The lowest BCUT2D eigenvalue weighted by Gasteiger charge is -2.28. The van der Waals surface area contributed by atoms with E-state index in [0.717, 1.165) is 29.4 Å². The maximum atomic E-state index is 13.1. The number of rotatable bonds is 6. The monoisotopic (exact) mass is 293 g/mol. The van der Waals surface area contributed by atoms with Crippen LogP contribution in [0.15, 0.2) is 29.6 Å². The molecule has 0 bridgehead atoms. The molecule has 3 nitrogen and oxygen atoms in total. The maximum Gasteiger partial charge on any atom is 0.123 e. The van der Waals surface area contributed by atoms with Gasteiger partial charge in [-0.15, -0.1) is 11.3 Å². The van der Waals surface area contributed by atoms with Gasteiger partial charge in [-0.3, -0.25) is 4.90 Å². The first-order valence-corrected chi connectivity index (χ1v) is 7.71. The Morgan fingerprint density at radius 1 is 1.25 bits per heavy atom. The van der Waals surface area contributed by atoms with Gasteiger partial charge in [-0.1, -0.05) is 26.0 Å².